The molecule has 0 saturated carbocycles. The van der Waals surface area contributed by atoms with E-state index in [2.05, 4.69) is 10.6 Å². The third kappa shape index (κ3) is 10.4. The van der Waals surface area contributed by atoms with E-state index in [0.717, 1.165) is 60.7 Å². The van der Waals surface area contributed by atoms with Crippen LogP contribution in [-0.4, -0.2) is 77.9 Å². The number of anilines is 2. The number of rotatable bonds is 14. The van der Waals surface area contributed by atoms with Crippen LogP contribution >= 0.6 is 0 Å². The van der Waals surface area contributed by atoms with Gasteiger partial charge in [-0.05, 0) is 71.8 Å². The molecule has 4 aromatic carbocycles. The van der Waals surface area contributed by atoms with Crippen molar-refractivity contribution < 1.29 is 62.0 Å². The molecule has 54 heavy (non-hydrogen) atoms. The van der Waals surface area contributed by atoms with Crippen molar-refractivity contribution in [2.24, 2.45) is 11.5 Å². The van der Waals surface area contributed by atoms with Gasteiger partial charge in [-0.1, -0.05) is 36.4 Å². The van der Waals surface area contributed by atoms with Crippen LogP contribution < -0.4 is 22.1 Å². The standard InChI is InChI=1S/C32H28N4O14S4/c33-29(37)17-51(41,42)25-5-1-3-21(13-25)31(39)35-23-11-9-19(27(15-23)53(45,46)47)7-8-20-10-12-24(16-28(20)54(48,49)50)36-32(40)22-4-2-6-26(14-22)52(43,44)18-30(34)38/h1-16H,17-18H2,(H2,33,37)(H2,34,38)(H,35,39)(H,36,40)(H,45,46,47)(H,48,49,50). The fourth-order valence-electron chi connectivity index (χ4n) is 4.74. The first kappa shape index (κ1) is 41.0. The molecule has 4 amide bonds. The fraction of sp³-hybridized carbons (Fsp3) is 0.0625. The van der Waals surface area contributed by atoms with Crippen molar-refractivity contribution in [3.05, 3.63) is 107 Å². The number of carbonyl (C=O) groups is 4. The summed E-state index contributed by atoms with van der Waals surface area (Å²) >= 11 is 0. The predicted octanol–water partition coefficient (Wildman–Crippen LogP) is 1.37. The number of nitrogens with one attached hydrogen (secondary N) is 2. The molecule has 0 heterocycles. The summed E-state index contributed by atoms with van der Waals surface area (Å²) in [6.45, 7) is 0. The molecule has 18 nitrogen and oxygen atoms in total. The number of carbonyl (C=O) groups excluding carboxylic acids is 4. The number of nitrogens with two attached hydrogens (primary N) is 2. The van der Waals surface area contributed by atoms with E-state index >= 15 is 0 Å². The van der Waals surface area contributed by atoms with E-state index in [-0.39, 0.29) is 43.4 Å². The zero-order chi connectivity index (χ0) is 40.2. The normalized spacial score (nSPS) is 12.3. The summed E-state index contributed by atoms with van der Waals surface area (Å²) in [5.74, 6) is -6.06. The highest BCUT2D eigenvalue weighted by atomic mass is 32.2. The molecule has 0 aromatic heterocycles. The monoisotopic (exact) mass is 820 g/mol. The minimum Gasteiger partial charge on any atom is -0.369 e. The number of hydrogen-bond donors (Lipinski definition) is 6. The van der Waals surface area contributed by atoms with Gasteiger partial charge in [0.1, 0.15) is 21.3 Å². The maximum atomic E-state index is 12.9. The van der Waals surface area contributed by atoms with E-state index < -0.39 is 84.8 Å². The van der Waals surface area contributed by atoms with Crippen molar-refractivity contribution >= 4 is 87.1 Å². The summed E-state index contributed by atoms with van der Waals surface area (Å²) in [6, 6.07) is 15.5. The Balaban J connectivity index is 1.61. The summed E-state index contributed by atoms with van der Waals surface area (Å²) in [5.41, 5.74) is 8.76. The average molecular weight is 821 g/mol. The van der Waals surface area contributed by atoms with Gasteiger partial charge in [0.05, 0.1) is 9.79 Å². The lowest BCUT2D eigenvalue weighted by atomic mass is 10.1. The minimum atomic E-state index is -5.00. The van der Waals surface area contributed by atoms with Crippen LogP contribution in [0.3, 0.4) is 0 Å². The molecule has 284 valence electrons. The molecule has 0 spiro atoms. The number of sulfone groups is 2. The molecule has 0 aliphatic carbocycles. The van der Waals surface area contributed by atoms with E-state index in [1.54, 1.807) is 0 Å². The molecule has 0 unspecified atom stereocenters. The van der Waals surface area contributed by atoms with Crippen LogP contribution in [0.25, 0.3) is 12.2 Å². The quantitative estimate of drug-likeness (QED) is 0.0773. The third-order valence-corrected chi connectivity index (χ3v) is 12.2. The topological polar surface area (TPSA) is 321 Å². The molecular formula is C32H28N4O14S4. The van der Waals surface area contributed by atoms with Crippen molar-refractivity contribution in [1.29, 1.82) is 0 Å². The molecule has 8 N–H and O–H groups in total. The molecule has 0 bridgehead atoms. The Bertz CT molecular complexity index is 2510. The lowest BCUT2D eigenvalue weighted by Gasteiger charge is -2.11. The highest BCUT2D eigenvalue weighted by Gasteiger charge is 2.22. The van der Waals surface area contributed by atoms with Gasteiger partial charge in [-0.25, -0.2) is 16.8 Å². The molecule has 0 saturated heterocycles. The second kappa shape index (κ2) is 15.7. The van der Waals surface area contributed by atoms with Gasteiger partial charge in [-0.15, -0.1) is 0 Å². The first-order valence-corrected chi connectivity index (χ1v) is 20.9. The van der Waals surface area contributed by atoms with Gasteiger partial charge in [-0.2, -0.15) is 16.8 Å². The summed E-state index contributed by atoms with van der Waals surface area (Å²) in [4.78, 5) is 45.8. The Morgan fingerprint density at radius 3 is 1.20 bits per heavy atom. The van der Waals surface area contributed by atoms with Crippen LogP contribution in [0.4, 0.5) is 11.4 Å². The van der Waals surface area contributed by atoms with E-state index in [0.29, 0.717) is 0 Å². The van der Waals surface area contributed by atoms with Gasteiger partial charge >= 0.3 is 0 Å². The van der Waals surface area contributed by atoms with E-state index in [9.17, 15) is 62.0 Å². The Hall–Kier alpha value is -5.78. The van der Waals surface area contributed by atoms with Crippen molar-refractivity contribution in [3.63, 3.8) is 0 Å². The van der Waals surface area contributed by atoms with Gasteiger partial charge in [0.25, 0.3) is 32.1 Å². The van der Waals surface area contributed by atoms with Gasteiger partial charge in [0.2, 0.25) is 11.8 Å². The molecular weight excluding hydrogens is 793 g/mol. The van der Waals surface area contributed by atoms with E-state index in [1.807, 2.05) is 0 Å². The average Bonchev–Trinajstić information content (AvgIpc) is 3.06. The summed E-state index contributed by atoms with van der Waals surface area (Å²) in [7, 11) is -18.3. The van der Waals surface area contributed by atoms with Gasteiger partial charge < -0.3 is 22.1 Å². The maximum absolute atomic E-state index is 12.9. The molecule has 4 rings (SSSR count). The molecule has 22 heteroatoms. The van der Waals surface area contributed by atoms with Crippen LogP contribution in [0.15, 0.2) is 105 Å². The molecule has 0 fully saturated rings. The zero-order valence-electron chi connectivity index (χ0n) is 27.2. The third-order valence-electron chi connectivity index (χ3n) is 7.12. The number of benzene rings is 4. The first-order valence-electron chi connectivity index (χ1n) is 14.7. The van der Waals surface area contributed by atoms with Crippen LogP contribution in [0.2, 0.25) is 0 Å². The Kier molecular flexibility index (Phi) is 11.9. The number of hydrogen-bond acceptors (Lipinski definition) is 12. The summed E-state index contributed by atoms with van der Waals surface area (Å²) in [6.07, 6.45) is 2.12. The van der Waals surface area contributed by atoms with Crippen molar-refractivity contribution in [2.45, 2.75) is 19.6 Å². The van der Waals surface area contributed by atoms with Gasteiger partial charge in [-0.3, -0.25) is 28.3 Å². The molecule has 4 aromatic rings. The summed E-state index contributed by atoms with van der Waals surface area (Å²) in [5, 5.41) is 4.70. The number of primary amides is 2. The Labute approximate surface area is 308 Å². The van der Waals surface area contributed by atoms with Crippen LogP contribution in [-0.2, 0) is 49.5 Å². The Morgan fingerprint density at radius 2 is 0.889 bits per heavy atom. The zero-order valence-corrected chi connectivity index (χ0v) is 30.5. The second-order valence-electron chi connectivity index (χ2n) is 11.2. The first-order chi connectivity index (χ1) is 25.0. The molecule has 0 atom stereocenters. The van der Waals surface area contributed by atoms with Gasteiger partial charge in [0.15, 0.2) is 19.7 Å². The smallest absolute Gasteiger partial charge is 0.295 e. The molecule has 0 aliphatic heterocycles. The maximum Gasteiger partial charge on any atom is 0.295 e. The Morgan fingerprint density at radius 1 is 0.537 bits per heavy atom. The van der Waals surface area contributed by atoms with Crippen LogP contribution in [0, 0.1) is 0 Å². The number of amides is 4. The predicted molar refractivity (Wildman–Crippen MR) is 193 cm³/mol. The highest BCUT2D eigenvalue weighted by molar-refractivity contribution is 7.92. The molecule has 0 aliphatic rings. The van der Waals surface area contributed by atoms with Crippen molar-refractivity contribution in [2.75, 3.05) is 22.1 Å². The van der Waals surface area contributed by atoms with E-state index in [1.165, 1.54) is 36.4 Å². The summed E-state index contributed by atoms with van der Waals surface area (Å²) < 4.78 is 119. The fourth-order valence-corrected chi connectivity index (χ4v) is 8.42. The van der Waals surface area contributed by atoms with Gasteiger partial charge in [0, 0.05) is 22.5 Å². The molecule has 0 radical (unpaired) electrons. The van der Waals surface area contributed by atoms with Crippen molar-refractivity contribution in [1.82, 2.24) is 0 Å². The largest absolute Gasteiger partial charge is 0.369 e. The highest BCUT2D eigenvalue weighted by Crippen LogP contribution is 2.27. The van der Waals surface area contributed by atoms with Crippen molar-refractivity contribution in [3.8, 4) is 0 Å². The lowest BCUT2D eigenvalue weighted by molar-refractivity contribution is -0.116. The van der Waals surface area contributed by atoms with Crippen LogP contribution in [0.1, 0.15) is 31.8 Å². The lowest BCUT2D eigenvalue weighted by Crippen LogP contribution is -2.23. The van der Waals surface area contributed by atoms with Crippen LogP contribution in [0.5, 0.6) is 0 Å². The van der Waals surface area contributed by atoms with E-state index in [4.69, 9.17) is 11.5 Å². The SMILES string of the molecule is NC(=O)CS(=O)(=O)c1cccc(C(=O)Nc2ccc(C=Cc3ccc(NC(=O)c4cccc(S(=O)(=O)CC(N)=O)c4)cc3S(=O)(=O)O)c(S(=O)(=O)O)c2)c1. The minimum absolute atomic E-state index is 0.176. The second-order valence-corrected chi connectivity index (χ2v) is 18.0.